The van der Waals surface area contributed by atoms with Crippen LogP contribution in [-0.4, -0.2) is 29.8 Å². The maximum Gasteiger partial charge on any atom is 0.166 e. The number of ketones is 1. The first kappa shape index (κ1) is 12.9. The van der Waals surface area contributed by atoms with Crippen LogP contribution >= 0.6 is 0 Å². The predicted octanol–water partition coefficient (Wildman–Crippen LogP) is 3.36. The minimum atomic E-state index is 0.245. The van der Waals surface area contributed by atoms with Gasteiger partial charge in [-0.15, -0.1) is 0 Å². The summed E-state index contributed by atoms with van der Waals surface area (Å²) in [7, 11) is 2.22. The summed E-state index contributed by atoms with van der Waals surface area (Å²) in [5, 5.41) is 0. The molecular weight excluding hydrogens is 234 g/mol. The van der Waals surface area contributed by atoms with Crippen molar-refractivity contribution in [2.24, 2.45) is 5.92 Å². The zero-order valence-corrected chi connectivity index (χ0v) is 12.1. The Hall–Kier alpha value is -1.15. The Morgan fingerprint density at radius 3 is 2.37 bits per heavy atom. The van der Waals surface area contributed by atoms with Crippen LogP contribution in [0.1, 0.15) is 47.2 Å². The fourth-order valence-electron chi connectivity index (χ4n) is 3.94. The molecule has 2 aliphatic heterocycles. The van der Waals surface area contributed by atoms with E-state index >= 15 is 0 Å². The van der Waals surface area contributed by atoms with E-state index in [1.807, 2.05) is 6.07 Å². The van der Waals surface area contributed by atoms with Crippen LogP contribution in [0.3, 0.4) is 0 Å². The minimum Gasteiger partial charge on any atom is -0.300 e. The number of Topliss-reactive ketones (excluding diaryl/α,β-unsaturated/α-hetero) is 1. The van der Waals surface area contributed by atoms with Crippen LogP contribution in [0.4, 0.5) is 0 Å². The number of piperidine rings is 1. The molecule has 3 rings (SSSR count). The van der Waals surface area contributed by atoms with E-state index in [1.54, 1.807) is 0 Å². The monoisotopic (exact) mass is 257 g/mol. The lowest BCUT2D eigenvalue weighted by atomic mass is 9.83. The summed E-state index contributed by atoms with van der Waals surface area (Å²) >= 11 is 0. The quantitative estimate of drug-likeness (QED) is 0.757. The Bertz CT molecular complexity index is 494. The maximum atomic E-state index is 12.7. The van der Waals surface area contributed by atoms with Gasteiger partial charge in [0, 0.05) is 23.6 Å². The summed E-state index contributed by atoms with van der Waals surface area (Å²) < 4.78 is 0. The molecule has 1 aromatic carbocycles. The van der Waals surface area contributed by atoms with Crippen molar-refractivity contribution in [2.75, 3.05) is 7.05 Å². The molecule has 2 fully saturated rings. The first-order valence-electron chi connectivity index (χ1n) is 7.39. The number of carbonyl (C=O) groups excluding carboxylic acids is 1. The van der Waals surface area contributed by atoms with Gasteiger partial charge in [-0.3, -0.25) is 4.79 Å². The van der Waals surface area contributed by atoms with Crippen molar-refractivity contribution >= 4 is 5.78 Å². The number of benzene rings is 1. The lowest BCUT2D eigenvalue weighted by Crippen LogP contribution is -2.42. The summed E-state index contributed by atoms with van der Waals surface area (Å²) in [5.41, 5.74) is 3.31. The molecule has 19 heavy (non-hydrogen) atoms. The van der Waals surface area contributed by atoms with Crippen LogP contribution < -0.4 is 0 Å². The van der Waals surface area contributed by atoms with Gasteiger partial charge in [0.2, 0.25) is 0 Å². The summed E-state index contributed by atoms with van der Waals surface area (Å²) in [6, 6.07) is 7.48. The standard InChI is InChI=1S/C17H23NO/c1-11-4-7-16(12(2)8-11)17(19)13-9-14-5-6-15(10-13)18(14)3/h4,7-8,13-15H,5-6,9-10H2,1-3H3. The second-order valence-corrected chi connectivity index (χ2v) is 6.40. The average Bonchev–Trinajstić information content (AvgIpc) is 2.61. The van der Waals surface area contributed by atoms with Crippen molar-refractivity contribution in [1.82, 2.24) is 4.90 Å². The van der Waals surface area contributed by atoms with E-state index in [2.05, 4.69) is 37.9 Å². The van der Waals surface area contributed by atoms with E-state index in [0.29, 0.717) is 17.9 Å². The highest BCUT2D eigenvalue weighted by Gasteiger charge is 2.41. The number of carbonyl (C=O) groups is 1. The predicted molar refractivity (Wildman–Crippen MR) is 77.5 cm³/mol. The number of hydrogen-bond donors (Lipinski definition) is 0. The fraction of sp³-hybridized carbons (Fsp3) is 0.588. The van der Waals surface area contributed by atoms with Gasteiger partial charge in [0.05, 0.1) is 0 Å². The molecule has 0 radical (unpaired) electrons. The molecule has 0 amide bonds. The van der Waals surface area contributed by atoms with Gasteiger partial charge in [-0.25, -0.2) is 0 Å². The van der Waals surface area contributed by atoms with Crippen LogP contribution in [0.5, 0.6) is 0 Å². The second-order valence-electron chi connectivity index (χ2n) is 6.40. The third-order valence-corrected chi connectivity index (χ3v) is 5.12. The van der Waals surface area contributed by atoms with Crippen LogP contribution in [0.25, 0.3) is 0 Å². The van der Waals surface area contributed by atoms with Crippen molar-refractivity contribution in [1.29, 1.82) is 0 Å². The van der Waals surface area contributed by atoms with Gasteiger partial charge in [-0.1, -0.05) is 23.8 Å². The number of rotatable bonds is 2. The zero-order chi connectivity index (χ0) is 13.6. The number of nitrogens with zero attached hydrogens (tertiary/aromatic N) is 1. The molecule has 0 aliphatic carbocycles. The van der Waals surface area contributed by atoms with Gasteiger partial charge in [-0.2, -0.15) is 0 Å². The molecule has 1 aromatic rings. The molecular formula is C17H23NO. The van der Waals surface area contributed by atoms with Crippen LogP contribution in [0.15, 0.2) is 18.2 Å². The fourth-order valence-corrected chi connectivity index (χ4v) is 3.94. The van der Waals surface area contributed by atoms with Gasteiger partial charge in [0.1, 0.15) is 0 Å². The van der Waals surface area contributed by atoms with Crippen LogP contribution in [-0.2, 0) is 0 Å². The number of hydrogen-bond acceptors (Lipinski definition) is 2. The maximum absolute atomic E-state index is 12.7. The molecule has 2 nitrogen and oxygen atoms in total. The smallest absolute Gasteiger partial charge is 0.166 e. The summed E-state index contributed by atoms with van der Waals surface area (Å²) in [6.07, 6.45) is 4.66. The molecule has 0 spiro atoms. The third kappa shape index (κ3) is 2.23. The highest BCUT2D eigenvalue weighted by Crippen LogP contribution is 2.38. The first-order chi connectivity index (χ1) is 9.06. The van der Waals surface area contributed by atoms with E-state index in [9.17, 15) is 4.79 Å². The second kappa shape index (κ2) is 4.75. The van der Waals surface area contributed by atoms with Crippen molar-refractivity contribution < 1.29 is 4.79 Å². The lowest BCUT2D eigenvalue weighted by molar-refractivity contribution is 0.0766. The first-order valence-corrected chi connectivity index (χ1v) is 7.39. The molecule has 2 atom stereocenters. The Balaban J connectivity index is 1.81. The van der Waals surface area contributed by atoms with Gasteiger partial charge in [0.15, 0.2) is 5.78 Å². The molecule has 2 saturated heterocycles. The third-order valence-electron chi connectivity index (χ3n) is 5.12. The number of fused-ring (bicyclic) bond motifs is 2. The Kier molecular flexibility index (Phi) is 3.22. The molecule has 2 bridgehead atoms. The molecule has 0 N–H and O–H groups in total. The molecule has 0 aromatic heterocycles. The molecule has 102 valence electrons. The largest absolute Gasteiger partial charge is 0.300 e. The average molecular weight is 257 g/mol. The van der Waals surface area contributed by atoms with Crippen LogP contribution in [0.2, 0.25) is 0 Å². The van der Waals surface area contributed by atoms with E-state index in [1.165, 1.54) is 18.4 Å². The summed E-state index contributed by atoms with van der Waals surface area (Å²) in [5.74, 6) is 0.623. The molecule has 2 aliphatic rings. The number of aryl methyl sites for hydroxylation is 2. The highest BCUT2D eigenvalue weighted by molar-refractivity contribution is 5.99. The van der Waals surface area contributed by atoms with E-state index in [0.717, 1.165) is 24.0 Å². The molecule has 2 heteroatoms. The molecule has 0 saturated carbocycles. The van der Waals surface area contributed by atoms with Crippen molar-refractivity contribution in [3.05, 3.63) is 34.9 Å². The highest BCUT2D eigenvalue weighted by atomic mass is 16.1. The lowest BCUT2D eigenvalue weighted by Gasteiger charge is -2.35. The Morgan fingerprint density at radius 2 is 1.79 bits per heavy atom. The van der Waals surface area contributed by atoms with Gasteiger partial charge < -0.3 is 4.90 Å². The van der Waals surface area contributed by atoms with E-state index < -0.39 is 0 Å². The molecule has 2 unspecified atom stereocenters. The minimum absolute atomic E-state index is 0.245. The Morgan fingerprint density at radius 1 is 1.16 bits per heavy atom. The van der Waals surface area contributed by atoms with Crippen molar-refractivity contribution in [3.8, 4) is 0 Å². The van der Waals surface area contributed by atoms with E-state index in [4.69, 9.17) is 0 Å². The van der Waals surface area contributed by atoms with Crippen molar-refractivity contribution in [3.63, 3.8) is 0 Å². The summed E-state index contributed by atoms with van der Waals surface area (Å²) in [4.78, 5) is 15.2. The zero-order valence-electron chi connectivity index (χ0n) is 12.1. The van der Waals surface area contributed by atoms with E-state index in [-0.39, 0.29) is 5.92 Å². The van der Waals surface area contributed by atoms with Crippen molar-refractivity contribution in [2.45, 2.75) is 51.6 Å². The van der Waals surface area contributed by atoms with Gasteiger partial charge >= 0.3 is 0 Å². The topological polar surface area (TPSA) is 20.3 Å². The Labute approximate surface area is 115 Å². The van der Waals surface area contributed by atoms with Crippen LogP contribution in [0, 0.1) is 19.8 Å². The summed E-state index contributed by atoms with van der Waals surface area (Å²) in [6.45, 7) is 4.14. The van der Waals surface area contributed by atoms with Gasteiger partial charge in [0.25, 0.3) is 0 Å². The molecule has 2 heterocycles. The van der Waals surface area contributed by atoms with Gasteiger partial charge in [-0.05, 0) is 52.1 Å². The SMILES string of the molecule is Cc1ccc(C(=O)C2CC3CCC(C2)N3C)c(C)c1. The normalized spacial score (nSPS) is 30.6.